The highest BCUT2D eigenvalue weighted by Gasteiger charge is 2.42. The molecule has 1 aliphatic carbocycles. The van der Waals surface area contributed by atoms with E-state index in [9.17, 15) is 17.6 Å². The van der Waals surface area contributed by atoms with E-state index >= 15 is 0 Å². The lowest BCUT2D eigenvalue weighted by molar-refractivity contribution is -0.182. The number of hydrogen-bond donors (Lipinski definition) is 1. The number of benzene rings is 1. The highest BCUT2D eigenvalue weighted by atomic mass is 19.4. The molecule has 0 amide bonds. The number of alkyl halides is 3. The van der Waals surface area contributed by atoms with E-state index in [1.807, 2.05) is 0 Å². The van der Waals surface area contributed by atoms with Crippen LogP contribution in [-0.4, -0.2) is 12.2 Å². The van der Waals surface area contributed by atoms with E-state index in [4.69, 9.17) is 0 Å². The lowest BCUT2D eigenvalue weighted by Crippen LogP contribution is -2.34. The summed E-state index contributed by atoms with van der Waals surface area (Å²) in [5.41, 5.74) is 1.08. The average molecular weight is 275 g/mol. The van der Waals surface area contributed by atoms with Crippen molar-refractivity contribution < 1.29 is 17.6 Å². The molecule has 1 fully saturated rings. The number of hydrogen-bond acceptors (Lipinski definition) is 1. The molecule has 1 aliphatic rings. The van der Waals surface area contributed by atoms with Gasteiger partial charge in [0.25, 0.3) is 0 Å². The normalized spacial score (nSPS) is 24.3. The minimum atomic E-state index is -4.13. The number of anilines is 1. The average Bonchev–Trinajstić information content (AvgIpc) is 2.33. The summed E-state index contributed by atoms with van der Waals surface area (Å²) in [6.07, 6.45) is -2.61. The molecule has 1 saturated carbocycles. The molecular weight excluding hydrogens is 258 g/mol. The van der Waals surface area contributed by atoms with E-state index in [0.717, 1.165) is 0 Å². The Balaban J connectivity index is 2.00. The van der Waals surface area contributed by atoms with Gasteiger partial charge in [0.2, 0.25) is 0 Å². The largest absolute Gasteiger partial charge is 0.391 e. The second-order valence-corrected chi connectivity index (χ2v) is 5.21. The molecule has 1 nitrogen and oxygen atoms in total. The Kier molecular flexibility index (Phi) is 4.02. The summed E-state index contributed by atoms with van der Waals surface area (Å²) < 4.78 is 51.4. The number of aryl methyl sites for hydroxylation is 1. The SMILES string of the molecule is Cc1ccc(NC2CCCC(C(F)(F)F)C2)cc1F. The standard InChI is InChI=1S/C14H17F4N/c1-9-5-6-12(8-13(9)15)19-11-4-2-3-10(7-11)14(16,17)18/h5-6,8,10-11,19H,2-4,7H2,1H3. The molecule has 0 heterocycles. The summed E-state index contributed by atoms with van der Waals surface area (Å²) in [4.78, 5) is 0. The van der Waals surface area contributed by atoms with Gasteiger partial charge in [0.05, 0.1) is 5.92 Å². The number of rotatable bonds is 2. The molecule has 0 spiro atoms. The van der Waals surface area contributed by atoms with Gasteiger partial charge >= 0.3 is 6.18 Å². The van der Waals surface area contributed by atoms with E-state index in [2.05, 4.69) is 5.32 Å². The summed E-state index contributed by atoms with van der Waals surface area (Å²) in [6.45, 7) is 1.65. The molecule has 1 aromatic rings. The Bertz CT molecular complexity index is 442. The van der Waals surface area contributed by atoms with Gasteiger partial charge in [-0.3, -0.25) is 0 Å². The summed E-state index contributed by atoms with van der Waals surface area (Å²) in [5, 5.41) is 3.01. The van der Waals surface area contributed by atoms with Gasteiger partial charge in [0.1, 0.15) is 5.82 Å². The van der Waals surface area contributed by atoms with E-state index < -0.39 is 12.1 Å². The van der Waals surface area contributed by atoms with Gasteiger partial charge in [0, 0.05) is 11.7 Å². The highest BCUT2D eigenvalue weighted by molar-refractivity contribution is 5.46. The molecule has 1 aromatic carbocycles. The van der Waals surface area contributed by atoms with Crippen molar-refractivity contribution in [2.75, 3.05) is 5.32 Å². The highest BCUT2D eigenvalue weighted by Crippen LogP contribution is 2.38. The third kappa shape index (κ3) is 3.61. The Morgan fingerprint density at radius 1 is 1.21 bits per heavy atom. The van der Waals surface area contributed by atoms with E-state index in [-0.39, 0.29) is 24.7 Å². The molecule has 2 atom stereocenters. The third-order valence-electron chi connectivity index (χ3n) is 3.68. The van der Waals surface area contributed by atoms with Crippen molar-refractivity contribution in [1.29, 1.82) is 0 Å². The summed E-state index contributed by atoms with van der Waals surface area (Å²) in [6, 6.07) is 4.44. The van der Waals surface area contributed by atoms with Crippen LogP contribution in [0.3, 0.4) is 0 Å². The van der Waals surface area contributed by atoms with Crippen LogP contribution in [-0.2, 0) is 0 Å². The van der Waals surface area contributed by atoms with Gasteiger partial charge in [-0.2, -0.15) is 13.2 Å². The van der Waals surface area contributed by atoms with Gasteiger partial charge in [-0.15, -0.1) is 0 Å². The first kappa shape index (κ1) is 14.2. The second kappa shape index (κ2) is 5.39. The number of halogens is 4. The first-order valence-corrected chi connectivity index (χ1v) is 6.45. The fourth-order valence-corrected chi connectivity index (χ4v) is 2.54. The van der Waals surface area contributed by atoms with Crippen LogP contribution in [0.5, 0.6) is 0 Å². The van der Waals surface area contributed by atoms with Gasteiger partial charge in [0.15, 0.2) is 0 Å². The van der Waals surface area contributed by atoms with Crippen LogP contribution in [0.2, 0.25) is 0 Å². The fraction of sp³-hybridized carbons (Fsp3) is 0.571. The van der Waals surface area contributed by atoms with E-state index in [0.29, 0.717) is 24.1 Å². The molecular formula is C14H17F4N. The van der Waals surface area contributed by atoms with Gasteiger partial charge in [-0.1, -0.05) is 12.5 Å². The van der Waals surface area contributed by atoms with Crippen LogP contribution >= 0.6 is 0 Å². The summed E-state index contributed by atoms with van der Waals surface area (Å²) in [7, 11) is 0. The Morgan fingerprint density at radius 3 is 2.58 bits per heavy atom. The third-order valence-corrected chi connectivity index (χ3v) is 3.68. The van der Waals surface area contributed by atoms with Crippen molar-refractivity contribution in [2.24, 2.45) is 5.92 Å². The summed E-state index contributed by atoms with van der Waals surface area (Å²) in [5.74, 6) is -1.58. The molecule has 0 aliphatic heterocycles. The molecule has 106 valence electrons. The van der Waals surface area contributed by atoms with Crippen molar-refractivity contribution in [1.82, 2.24) is 0 Å². The molecule has 1 N–H and O–H groups in total. The molecule has 2 unspecified atom stereocenters. The zero-order chi connectivity index (χ0) is 14.0. The second-order valence-electron chi connectivity index (χ2n) is 5.21. The van der Waals surface area contributed by atoms with Crippen LogP contribution in [0.25, 0.3) is 0 Å². The van der Waals surface area contributed by atoms with Crippen LogP contribution in [0.15, 0.2) is 18.2 Å². The van der Waals surface area contributed by atoms with Crippen molar-refractivity contribution in [3.63, 3.8) is 0 Å². The molecule has 0 bridgehead atoms. The molecule has 0 saturated heterocycles. The first-order chi connectivity index (χ1) is 8.86. The maximum Gasteiger partial charge on any atom is 0.391 e. The maximum absolute atomic E-state index is 13.4. The van der Waals surface area contributed by atoms with Crippen LogP contribution in [0.1, 0.15) is 31.2 Å². The van der Waals surface area contributed by atoms with Crippen molar-refractivity contribution >= 4 is 5.69 Å². The minimum absolute atomic E-state index is 0.0684. The maximum atomic E-state index is 13.4. The molecule has 0 radical (unpaired) electrons. The van der Waals surface area contributed by atoms with Gasteiger partial charge < -0.3 is 5.32 Å². The van der Waals surface area contributed by atoms with E-state index in [1.54, 1.807) is 19.1 Å². The van der Waals surface area contributed by atoms with Gasteiger partial charge in [-0.25, -0.2) is 4.39 Å². The van der Waals surface area contributed by atoms with Crippen molar-refractivity contribution in [2.45, 2.75) is 44.8 Å². The lowest BCUT2D eigenvalue weighted by Gasteiger charge is -2.31. The smallest absolute Gasteiger partial charge is 0.382 e. The first-order valence-electron chi connectivity index (χ1n) is 6.45. The Labute approximate surface area is 110 Å². The van der Waals surface area contributed by atoms with Gasteiger partial charge in [-0.05, 0) is 43.9 Å². The lowest BCUT2D eigenvalue weighted by atomic mass is 9.85. The zero-order valence-corrected chi connectivity index (χ0v) is 10.7. The Morgan fingerprint density at radius 2 is 1.95 bits per heavy atom. The zero-order valence-electron chi connectivity index (χ0n) is 10.7. The predicted molar refractivity (Wildman–Crippen MR) is 66.6 cm³/mol. The topological polar surface area (TPSA) is 12.0 Å². The fourth-order valence-electron chi connectivity index (χ4n) is 2.54. The molecule has 2 rings (SSSR count). The molecule has 19 heavy (non-hydrogen) atoms. The monoisotopic (exact) mass is 275 g/mol. The van der Waals surface area contributed by atoms with Crippen LogP contribution in [0, 0.1) is 18.7 Å². The quantitative estimate of drug-likeness (QED) is 0.773. The predicted octanol–water partition coefficient (Wildman–Crippen LogP) is 4.67. The number of nitrogens with one attached hydrogen (secondary N) is 1. The summed E-state index contributed by atoms with van der Waals surface area (Å²) >= 11 is 0. The van der Waals surface area contributed by atoms with E-state index in [1.165, 1.54) is 6.07 Å². The Hall–Kier alpha value is -1.26. The molecule has 5 heteroatoms. The van der Waals surface area contributed by atoms with Crippen LogP contribution < -0.4 is 5.32 Å². The molecule has 0 aromatic heterocycles. The van der Waals surface area contributed by atoms with Crippen LogP contribution in [0.4, 0.5) is 23.2 Å². The minimum Gasteiger partial charge on any atom is -0.382 e. The van der Waals surface area contributed by atoms with Crippen molar-refractivity contribution in [3.8, 4) is 0 Å². The van der Waals surface area contributed by atoms with Crippen molar-refractivity contribution in [3.05, 3.63) is 29.6 Å².